The summed E-state index contributed by atoms with van der Waals surface area (Å²) in [6, 6.07) is 78.1. The number of nitrogens with zero attached hydrogens (tertiary/aromatic N) is 8. The van der Waals surface area contributed by atoms with E-state index in [-0.39, 0.29) is 38.4 Å². The Labute approximate surface area is 874 Å². The number of anilines is 4. The number of carbonyl (C=O) groups is 4. The van der Waals surface area contributed by atoms with Crippen molar-refractivity contribution in [2.45, 2.75) is 79.8 Å². The van der Waals surface area contributed by atoms with Crippen molar-refractivity contribution >= 4 is 194 Å². The second-order valence-electron chi connectivity index (χ2n) is 35.2. The van der Waals surface area contributed by atoms with Gasteiger partial charge in [-0.2, -0.15) is 0 Å². The highest BCUT2D eigenvalue weighted by Gasteiger charge is 2.44. The lowest BCUT2D eigenvalue weighted by atomic mass is 9.91. The Kier molecular flexibility index (Phi) is 31.9. The lowest BCUT2D eigenvalue weighted by Crippen LogP contribution is -2.27. The van der Waals surface area contributed by atoms with Gasteiger partial charge < -0.3 is 60.9 Å². The predicted molar refractivity (Wildman–Crippen MR) is 594 cm³/mol. The maximum Gasteiger partial charge on any atom is 0.348 e. The zero-order chi connectivity index (χ0) is 105. The topological polar surface area (TPSA) is 371 Å². The second-order valence-corrected chi connectivity index (χ2v) is 50.0. The van der Waals surface area contributed by atoms with Crippen LogP contribution < -0.4 is 34.6 Å². The zero-order valence-electron chi connectivity index (χ0n) is 82.7. The minimum Gasteiger partial charge on any atom is -0.477 e. The van der Waals surface area contributed by atoms with E-state index in [1.54, 1.807) is 133 Å². The first-order valence-electron chi connectivity index (χ1n) is 47.0. The van der Waals surface area contributed by atoms with E-state index in [1.165, 1.54) is 39.6 Å². The number of carboxylic acids is 4. The molecule has 12 heterocycles. The summed E-state index contributed by atoms with van der Waals surface area (Å²) in [5.41, 5.74) is 17.8. The highest BCUT2D eigenvalue weighted by atomic mass is 35.5. The molecule has 7 aromatic carbocycles. The van der Waals surface area contributed by atoms with Gasteiger partial charge in [0.15, 0.2) is 22.3 Å². The molecule has 0 radical (unpaired) electrons. The summed E-state index contributed by atoms with van der Waals surface area (Å²) in [6.07, 6.45) is 10.5. The molecule has 4 N–H and O–H groups in total. The molecule has 0 amide bonds. The van der Waals surface area contributed by atoms with Crippen LogP contribution in [0.25, 0.3) is 131 Å². The number of pyridine rings is 4. The molecular formula is C111H103ClN8O20P4S4. The van der Waals surface area contributed by atoms with Gasteiger partial charge in [0.1, 0.15) is 64.6 Å². The standard InChI is InChI=1S/C29H27N2O5PS.C28H25N2O5PS.C27H22ClN2O5PS.C27H29N2O5PS/c1-5-35-37(34,26-13-8-18(2)15-19(26)3)31(4)23-17-27(38-28(23)29(32)33)21-11-9-20(10-12-21)25-16-22-24(36-25)7-6-14-30-22;1-4-34-36(33,21-13-7-18(2)8-14-21)30(3)23-17-26(37-27(23)28(31)32)20-11-9-19(10-12-20)25-16-22-24(35-25)6-5-15-29-22;1-16-13-19(28)10-11-24(16)36(33,34-3)30(2)21-15-25(37-26(21)27(31)32)18-8-6-17(7-9-18)23-14-20-22(35-23)5-4-12-29-20;1-17-6-12-20(13-7-17)35(32,33-3)29(2)22-16-25(36-26(22)27(30)31)19-10-8-18(9-11-19)24-15-21-23(34-24)5-4-14-28-21/h6-17H,5H2,1-4H3,(H,32,33);5-17H,4H2,1-3H3,(H,31,32);4-15H,1-3H3,(H,31,32);4-5,8-11,14-17,20H,6-7,12-13H2,1-3H3,(H,30,31). The van der Waals surface area contributed by atoms with Crippen molar-refractivity contribution in [3.05, 3.63) is 326 Å². The number of aromatic nitrogens is 4. The van der Waals surface area contributed by atoms with E-state index in [2.05, 4.69) is 26.9 Å². The lowest BCUT2D eigenvalue weighted by molar-refractivity contribution is 0.0692. The van der Waals surface area contributed by atoms with Crippen molar-refractivity contribution in [1.29, 1.82) is 0 Å². The van der Waals surface area contributed by atoms with E-state index in [1.807, 2.05) is 221 Å². The Morgan fingerprint density at radius 1 is 0.365 bits per heavy atom. The number of hydrogen-bond donors (Lipinski definition) is 4. The highest BCUT2D eigenvalue weighted by Crippen LogP contribution is 2.63. The molecule has 0 saturated heterocycles. The number of aryl methyl sites for hydroxylation is 4. The number of halogens is 1. The Balaban J connectivity index is 0.000000135. The number of thiophene rings is 4. The average Bonchev–Trinajstić information content (AvgIpc) is 1.67. The third kappa shape index (κ3) is 21.9. The number of furan rings is 4. The molecule has 12 aromatic heterocycles. The normalized spacial score (nSPS) is 14.6. The van der Waals surface area contributed by atoms with Crippen LogP contribution in [-0.2, 0) is 36.4 Å². The highest BCUT2D eigenvalue weighted by molar-refractivity contribution is 7.69. The molecule has 0 aliphatic heterocycles. The predicted octanol–water partition coefficient (Wildman–Crippen LogP) is 30.0. The molecule has 148 heavy (non-hydrogen) atoms. The van der Waals surface area contributed by atoms with E-state index >= 15 is 0 Å². The monoisotopic (exact) mass is 2150 g/mol. The van der Waals surface area contributed by atoms with Crippen LogP contribution in [0.3, 0.4) is 0 Å². The molecule has 4 unspecified atom stereocenters. The lowest BCUT2D eigenvalue weighted by Gasteiger charge is -2.37. The molecule has 1 aliphatic carbocycles. The number of carboxylic acid groups (broad SMARTS) is 4. The van der Waals surface area contributed by atoms with Crippen LogP contribution in [0.5, 0.6) is 0 Å². The van der Waals surface area contributed by atoms with Crippen LogP contribution >= 0.6 is 87.0 Å². The minimum atomic E-state index is -3.63. The van der Waals surface area contributed by atoms with Gasteiger partial charge in [-0.1, -0.05) is 151 Å². The van der Waals surface area contributed by atoms with E-state index in [9.17, 15) is 57.9 Å². The van der Waals surface area contributed by atoms with E-state index in [0.717, 1.165) is 169 Å². The van der Waals surface area contributed by atoms with Gasteiger partial charge >= 0.3 is 46.4 Å². The molecule has 19 aromatic rings. The molecular weight excluding hydrogens is 2050 g/mol. The van der Waals surface area contributed by atoms with Crippen molar-refractivity contribution in [2.75, 3.05) is 74.3 Å². The van der Waals surface area contributed by atoms with E-state index in [4.69, 9.17) is 47.4 Å². The summed E-state index contributed by atoms with van der Waals surface area (Å²) < 4.78 is 109. The van der Waals surface area contributed by atoms with Gasteiger partial charge in [-0.3, -0.25) is 52.2 Å². The quantitative estimate of drug-likeness (QED) is 0.0304. The molecule has 0 bridgehead atoms. The summed E-state index contributed by atoms with van der Waals surface area (Å²) in [5, 5.41) is 41.9. The first kappa shape index (κ1) is 106. The summed E-state index contributed by atoms with van der Waals surface area (Å²) in [5.74, 6) is -0.900. The van der Waals surface area contributed by atoms with Crippen LogP contribution in [-0.4, -0.2) is 126 Å². The van der Waals surface area contributed by atoms with Crippen LogP contribution in [0.15, 0.2) is 297 Å². The fourth-order valence-electron chi connectivity index (χ4n) is 17.7. The van der Waals surface area contributed by atoms with Crippen LogP contribution in [0.4, 0.5) is 22.7 Å². The molecule has 758 valence electrons. The average molecular weight is 2160 g/mol. The summed E-state index contributed by atoms with van der Waals surface area (Å²) >= 11 is 10.6. The Hall–Kier alpha value is -13.8. The third-order valence-electron chi connectivity index (χ3n) is 25.6. The molecule has 1 saturated carbocycles. The largest absolute Gasteiger partial charge is 0.477 e. The first-order valence-corrected chi connectivity index (χ1v) is 57.0. The second kappa shape index (κ2) is 44.7. The number of rotatable bonds is 30. The van der Waals surface area contributed by atoms with E-state index in [0.29, 0.717) is 94.1 Å². The first-order chi connectivity index (χ1) is 71.0. The number of hydrogen-bond acceptors (Lipinski definition) is 24. The smallest absolute Gasteiger partial charge is 0.348 e. The van der Waals surface area contributed by atoms with Gasteiger partial charge in [-0.25, -0.2) is 19.2 Å². The SMILES string of the molecule is CCOP(=O)(c1ccc(C)cc1)N(C)c1cc(-c2ccc(-c3cc4ncccc4o3)cc2)sc1C(=O)O.CCOP(=O)(c1ccc(C)cc1C)N(C)c1cc(-c2ccc(-c3cc4ncccc4o3)cc2)sc1C(=O)O.COP(=O)(C1CCC(C)CC1)N(C)c1cc(-c2ccc(-c3cc4ncccc4o3)cc2)sc1C(=O)O.COP(=O)(c1ccc(Cl)cc1C)N(C)c1cc(-c2ccc(-c3cc4ncccc4o3)cc2)sc1C(=O)O. The fourth-order valence-corrected chi connectivity index (χ4v) is 31.0. The van der Waals surface area contributed by atoms with Gasteiger partial charge in [0.2, 0.25) is 0 Å². The van der Waals surface area contributed by atoms with Crippen molar-refractivity contribution in [2.24, 2.45) is 5.92 Å². The molecule has 4 atom stereocenters. The number of benzene rings is 7. The Morgan fingerprint density at radius 3 is 0.973 bits per heavy atom. The number of aromatic carboxylic acids is 4. The third-order valence-corrected chi connectivity index (χ3v) is 41.4. The van der Waals surface area contributed by atoms with Gasteiger partial charge in [0.25, 0.3) is 7.52 Å². The van der Waals surface area contributed by atoms with Crippen molar-refractivity contribution in [3.8, 4) is 87.1 Å². The van der Waals surface area contributed by atoms with Gasteiger partial charge in [0.05, 0.1) is 57.5 Å². The Morgan fingerprint density at radius 2 is 0.662 bits per heavy atom. The van der Waals surface area contributed by atoms with Crippen molar-refractivity contribution < 1.29 is 93.6 Å². The van der Waals surface area contributed by atoms with Crippen LogP contribution in [0.1, 0.15) is 107 Å². The Bertz CT molecular complexity index is 8230. The van der Waals surface area contributed by atoms with Gasteiger partial charge in [-0.05, 0) is 216 Å². The number of fused-ring (bicyclic) bond motifs is 4. The van der Waals surface area contributed by atoms with Gasteiger partial charge in [-0.15, -0.1) is 45.3 Å². The molecule has 1 aliphatic rings. The molecule has 1 fully saturated rings. The van der Waals surface area contributed by atoms with Crippen LogP contribution in [0, 0.1) is 33.6 Å². The fraction of sp³-hybridized carbons (Fsp3) is 0.189. The van der Waals surface area contributed by atoms with Gasteiger partial charge in [0, 0.05) is 138 Å². The molecule has 0 spiro atoms. The summed E-state index contributed by atoms with van der Waals surface area (Å²) in [6.45, 7) is 13.8. The maximum absolute atomic E-state index is 14.3. The van der Waals surface area contributed by atoms with E-state index < -0.39 is 54.0 Å². The molecule has 20 rings (SSSR count). The molecule has 28 nitrogen and oxygen atoms in total. The maximum atomic E-state index is 14.3. The van der Waals surface area contributed by atoms with Crippen LogP contribution in [0.2, 0.25) is 5.02 Å². The van der Waals surface area contributed by atoms with Crippen molar-refractivity contribution in [1.82, 2.24) is 19.9 Å². The zero-order valence-corrected chi connectivity index (χ0v) is 90.3. The summed E-state index contributed by atoms with van der Waals surface area (Å²) in [7, 11) is -4.70. The van der Waals surface area contributed by atoms with Crippen molar-refractivity contribution in [3.63, 3.8) is 0 Å². The summed E-state index contributed by atoms with van der Waals surface area (Å²) in [4.78, 5) is 69.4. The minimum absolute atomic E-state index is 0.0637. The molecule has 37 heteroatoms.